The number of rotatable bonds is 7. The van der Waals surface area contributed by atoms with Crippen molar-refractivity contribution in [3.05, 3.63) is 29.8 Å². The van der Waals surface area contributed by atoms with Crippen LogP contribution in [0.3, 0.4) is 0 Å². The number of hydrogen-bond donors (Lipinski definition) is 1. The zero-order valence-electron chi connectivity index (χ0n) is 12.1. The third-order valence-electron chi connectivity index (χ3n) is 3.34. The first-order valence-corrected chi connectivity index (χ1v) is 6.41. The van der Waals surface area contributed by atoms with E-state index in [-0.39, 0.29) is 11.6 Å². The third-order valence-corrected chi connectivity index (χ3v) is 3.34. The van der Waals surface area contributed by atoms with Crippen LogP contribution in [-0.2, 0) is 4.74 Å². The molecule has 0 heterocycles. The standard InChI is InChI=1S/C15H25NO2/c1-12(16-11-10-15(2,3)18-5)13-8-6-7-9-14(13)17-4/h6-9,12,16H,10-11H2,1-5H3/t12-/m0/s1. The van der Waals surface area contributed by atoms with Gasteiger partial charge < -0.3 is 14.8 Å². The van der Waals surface area contributed by atoms with Gasteiger partial charge in [-0.2, -0.15) is 0 Å². The molecule has 3 heteroatoms. The molecule has 0 fully saturated rings. The molecule has 0 saturated carbocycles. The number of methoxy groups -OCH3 is 2. The lowest BCUT2D eigenvalue weighted by Gasteiger charge is -2.24. The fraction of sp³-hybridized carbons (Fsp3) is 0.600. The van der Waals surface area contributed by atoms with Crippen molar-refractivity contribution in [3.63, 3.8) is 0 Å². The molecular formula is C15H25NO2. The van der Waals surface area contributed by atoms with Crippen LogP contribution in [-0.4, -0.2) is 26.4 Å². The first-order valence-electron chi connectivity index (χ1n) is 6.41. The molecule has 1 N–H and O–H groups in total. The fourth-order valence-corrected chi connectivity index (χ4v) is 1.83. The number of para-hydroxylation sites is 1. The highest BCUT2D eigenvalue weighted by Gasteiger charge is 2.17. The predicted octanol–water partition coefficient (Wildman–Crippen LogP) is 3.16. The van der Waals surface area contributed by atoms with Gasteiger partial charge in [0.1, 0.15) is 5.75 Å². The average Bonchev–Trinajstić information content (AvgIpc) is 2.38. The molecule has 0 bridgehead atoms. The van der Waals surface area contributed by atoms with Crippen molar-refractivity contribution < 1.29 is 9.47 Å². The van der Waals surface area contributed by atoms with Gasteiger partial charge in [0, 0.05) is 18.7 Å². The largest absolute Gasteiger partial charge is 0.496 e. The molecule has 0 aliphatic heterocycles. The number of nitrogens with one attached hydrogen (secondary N) is 1. The molecule has 0 aromatic heterocycles. The summed E-state index contributed by atoms with van der Waals surface area (Å²) in [7, 11) is 3.46. The maximum Gasteiger partial charge on any atom is 0.123 e. The molecule has 1 rings (SSSR count). The van der Waals surface area contributed by atoms with Crippen molar-refractivity contribution in [1.29, 1.82) is 0 Å². The summed E-state index contributed by atoms with van der Waals surface area (Å²) in [6.07, 6.45) is 0.975. The summed E-state index contributed by atoms with van der Waals surface area (Å²) in [5, 5.41) is 3.50. The number of hydrogen-bond acceptors (Lipinski definition) is 3. The van der Waals surface area contributed by atoms with Gasteiger partial charge in [0.25, 0.3) is 0 Å². The molecule has 0 amide bonds. The van der Waals surface area contributed by atoms with Gasteiger partial charge in [0.15, 0.2) is 0 Å². The highest BCUT2D eigenvalue weighted by molar-refractivity contribution is 5.35. The Labute approximate surface area is 110 Å². The zero-order chi connectivity index (χ0) is 13.6. The van der Waals surface area contributed by atoms with Crippen LogP contribution in [0.2, 0.25) is 0 Å². The molecule has 0 unspecified atom stereocenters. The molecule has 0 aliphatic rings. The van der Waals surface area contributed by atoms with E-state index in [1.54, 1.807) is 14.2 Å². The Hall–Kier alpha value is -1.06. The second kappa shape index (κ2) is 6.76. The van der Waals surface area contributed by atoms with E-state index < -0.39 is 0 Å². The summed E-state index contributed by atoms with van der Waals surface area (Å²) < 4.78 is 10.8. The van der Waals surface area contributed by atoms with Crippen LogP contribution < -0.4 is 10.1 Å². The average molecular weight is 251 g/mol. The second-order valence-electron chi connectivity index (χ2n) is 5.13. The number of ether oxygens (including phenoxy) is 2. The summed E-state index contributed by atoms with van der Waals surface area (Å²) >= 11 is 0. The topological polar surface area (TPSA) is 30.5 Å². The van der Waals surface area contributed by atoms with Crippen LogP contribution in [0.15, 0.2) is 24.3 Å². The van der Waals surface area contributed by atoms with Crippen LogP contribution in [0.1, 0.15) is 38.8 Å². The zero-order valence-corrected chi connectivity index (χ0v) is 12.1. The molecule has 3 nitrogen and oxygen atoms in total. The van der Waals surface area contributed by atoms with Crippen molar-refractivity contribution in [2.24, 2.45) is 0 Å². The van der Waals surface area contributed by atoms with Gasteiger partial charge in [-0.3, -0.25) is 0 Å². The van der Waals surface area contributed by atoms with Gasteiger partial charge in [0.05, 0.1) is 12.7 Å². The minimum atomic E-state index is -0.0759. The minimum absolute atomic E-state index is 0.0759. The predicted molar refractivity (Wildman–Crippen MR) is 75.1 cm³/mol. The second-order valence-corrected chi connectivity index (χ2v) is 5.13. The first-order chi connectivity index (χ1) is 8.50. The molecule has 0 radical (unpaired) electrons. The van der Waals surface area contributed by atoms with Crippen molar-refractivity contribution in [3.8, 4) is 5.75 Å². The lowest BCUT2D eigenvalue weighted by molar-refractivity contribution is 0.0154. The Morgan fingerprint density at radius 3 is 2.50 bits per heavy atom. The van der Waals surface area contributed by atoms with Gasteiger partial charge in [0.2, 0.25) is 0 Å². The van der Waals surface area contributed by atoms with Gasteiger partial charge in [-0.15, -0.1) is 0 Å². The molecule has 1 aromatic rings. The van der Waals surface area contributed by atoms with Gasteiger partial charge in [-0.1, -0.05) is 18.2 Å². The first kappa shape index (κ1) is 15.0. The SMILES string of the molecule is COc1ccccc1[C@H](C)NCCC(C)(C)OC. The maximum atomic E-state index is 5.41. The molecule has 18 heavy (non-hydrogen) atoms. The summed E-state index contributed by atoms with van der Waals surface area (Å²) in [6.45, 7) is 7.27. The molecule has 0 aliphatic carbocycles. The minimum Gasteiger partial charge on any atom is -0.496 e. The van der Waals surface area contributed by atoms with Gasteiger partial charge >= 0.3 is 0 Å². The Morgan fingerprint density at radius 1 is 1.22 bits per heavy atom. The van der Waals surface area contributed by atoms with E-state index in [0.29, 0.717) is 0 Å². The van der Waals surface area contributed by atoms with Gasteiger partial charge in [-0.05, 0) is 39.8 Å². The molecule has 1 atom stereocenters. The van der Waals surface area contributed by atoms with E-state index in [1.807, 2.05) is 18.2 Å². The van der Waals surface area contributed by atoms with Crippen molar-refractivity contribution in [2.45, 2.75) is 38.8 Å². The monoisotopic (exact) mass is 251 g/mol. The quantitative estimate of drug-likeness (QED) is 0.807. The Bertz CT molecular complexity index is 363. The highest BCUT2D eigenvalue weighted by atomic mass is 16.5. The van der Waals surface area contributed by atoms with Crippen molar-refractivity contribution >= 4 is 0 Å². The van der Waals surface area contributed by atoms with E-state index in [9.17, 15) is 0 Å². The van der Waals surface area contributed by atoms with Crippen LogP contribution in [0, 0.1) is 0 Å². The summed E-state index contributed by atoms with van der Waals surface area (Å²) in [5.41, 5.74) is 1.11. The van der Waals surface area contributed by atoms with Crippen LogP contribution >= 0.6 is 0 Å². The lowest BCUT2D eigenvalue weighted by Crippen LogP contribution is -2.30. The van der Waals surface area contributed by atoms with E-state index in [1.165, 1.54) is 5.56 Å². The summed E-state index contributed by atoms with van der Waals surface area (Å²) in [6, 6.07) is 8.39. The summed E-state index contributed by atoms with van der Waals surface area (Å²) in [4.78, 5) is 0. The smallest absolute Gasteiger partial charge is 0.123 e. The normalized spacial score (nSPS) is 13.4. The van der Waals surface area contributed by atoms with Crippen molar-refractivity contribution in [2.75, 3.05) is 20.8 Å². The Kier molecular flexibility index (Phi) is 5.63. The Balaban J connectivity index is 2.53. The molecule has 0 spiro atoms. The maximum absolute atomic E-state index is 5.41. The summed E-state index contributed by atoms with van der Waals surface area (Å²) in [5.74, 6) is 0.934. The van der Waals surface area contributed by atoms with E-state index in [2.05, 4.69) is 32.2 Å². The lowest BCUT2D eigenvalue weighted by atomic mass is 10.0. The van der Waals surface area contributed by atoms with Crippen LogP contribution in [0.25, 0.3) is 0 Å². The van der Waals surface area contributed by atoms with E-state index in [4.69, 9.17) is 9.47 Å². The van der Waals surface area contributed by atoms with Crippen LogP contribution in [0.4, 0.5) is 0 Å². The van der Waals surface area contributed by atoms with E-state index >= 15 is 0 Å². The molecular weight excluding hydrogens is 226 g/mol. The Morgan fingerprint density at radius 2 is 1.89 bits per heavy atom. The fourth-order valence-electron chi connectivity index (χ4n) is 1.83. The highest BCUT2D eigenvalue weighted by Crippen LogP contribution is 2.24. The molecule has 102 valence electrons. The molecule has 1 aromatic carbocycles. The van der Waals surface area contributed by atoms with E-state index in [0.717, 1.165) is 18.7 Å². The third kappa shape index (κ3) is 4.31. The van der Waals surface area contributed by atoms with Gasteiger partial charge in [-0.25, -0.2) is 0 Å². The number of benzene rings is 1. The van der Waals surface area contributed by atoms with Crippen LogP contribution in [0.5, 0.6) is 5.75 Å². The molecule has 0 saturated heterocycles. The van der Waals surface area contributed by atoms with Crippen molar-refractivity contribution in [1.82, 2.24) is 5.32 Å².